The number of hydrogen-bond acceptors (Lipinski definition) is 7. The number of urea groups is 1. The molecule has 0 aromatic carbocycles. The first-order valence-electron chi connectivity index (χ1n) is 12.0. The molecule has 1 fully saturated rings. The van der Waals surface area contributed by atoms with E-state index in [9.17, 15) is 13.2 Å². The van der Waals surface area contributed by atoms with Crippen molar-refractivity contribution in [2.45, 2.75) is 42.4 Å². The molecule has 1 aliphatic carbocycles. The van der Waals surface area contributed by atoms with Gasteiger partial charge in [0.25, 0.3) is 10.0 Å². The van der Waals surface area contributed by atoms with Gasteiger partial charge in [-0.3, -0.25) is 4.68 Å². The molecule has 3 aromatic heterocycles. The molecular weight excluding hydrogens is 555 g/mol. The van der Waals surface area contributed by atoms with E-state index in [-0.39, 0.29) is 26.2 Å². The molecule has 0 saturated carbocycles. The number of rotatable bonds is 6. The van der Waals surface area contributed by atoms with Gasteiger partial charge in [0.1, 0.15) is 14.4 Å². The first kappa shape index (κ1) is 26.0. The Kier molecular flexibility index (Phi) is 7.75. The van der Waals surface area contributed by atoms with Crippen LogP contribution >= 0.6 is 34.5 Å². The van der Waals surface area contributed by atoms with Crippen molar-refractivity contribution in [3.63, 3.8) is 0 Å². The van der Waals surface area contributed by atoms with E-state index in [1.807, 2.05) is 41.4 Å². The SMILES string of the molecule is O=C(NCC=C1CCCc2cnn(C3CCN(c4ccccn4)CC3)c21)NS(=O)(=O)c1cc(Cl)c(Cl)s1. The maximum Gasteiger partial charge on any atom is 0.328 e. The third-order valence-electron chi connectivity index (χ3n) is 6.58. The number of halogens is 2. The van der Waals surface area contributed by atoms with Crippen molar-refractivity contribution in [2.24, 2.45) is 0 Å². The van der Waals surface area contributed by atoms with Gasteiger partial charge in [0.05, 0.1) is 23.0 Å². The maximum absolute atomic E-state index is 12.4. The zero-order chi connectivity index (χ0) is 26.0. The lowest BCUT2D eigenvalue weighted by molar-refractivity contribution is 0.247. The molecule has 0 spiro atoms. The van der Waals surface area contributed by atoms with Crippen molar-refractivity contribution in [3.8, 4) is 0 Å². The van der Waals surface area contributed by atoms with Gasteiger partial charge in [-0.1, -0.05) is 35.3 Å². The van der Waals surface area contributed by atoms with E-state index in [1.165, 1.54) is 11.6 Å². The number of fused-ring (bicyclic) bond motifs is 1. The van der Waals surface area contributed by atoms with Gasteiger partial charge in [0.2, 0.25) is 0 Å². The first-order valence-corrected chi connectivity index (χ1v) is 15.0. The summed E-state index contributed by atoms with van der Waals surface area (Å²) in [5.41, 5.74) is 3.45. The zero-order valence-electron chi connectivity index (χ0n) is 19.9. The van der Waals surface area contributed by atoms with Crippen LogP contribution in [0.4, 0.5) is 10.6 Å². The summed E-state index contributed by atoms with van der Waals surface area (Å²) in [7, 11) is -4.06. The summed E-state index contributed by atoms with van der Waals surface area (Å²) < 4.78 is 29.0. The van der Waals surface area contributed by atoms with Crippen LogP contribution in [0.15, 0.2) is 46.9 Å². The molecule has 2 aliphatic rings. The summed E-state index contributed by atoms with van der Waals surface area (Å²) in [6.45, 7) is 2.00. The monoisotopic (exact) mass is 580 g/mol. The fraction of sp³-hybridized carbons (Fsp3) is 0.375. The number of aryl methyl sites for hydroxylation is 1. The van der Waals surface area contributed by atoms with Crippen LogP contribution in [-0.4, -0.2) is 48.8 Å². The van der Waals surface area contributed by atoms with Gasteiger partial charge in [0.15, 0.2) is 0 Å². The molecule has 0 bridgehead atoms. The standard InChI is InChI=1S/C24H26Cl2N6O3S2/c25-19-14-21(36-23(19)26)37(34,35)30-24(33)28-11-7-16-4-3-5-17-15-29-32(22(16)17)18-8-12-31(13-9-18)20-6-1-2-10-27-20/h1-2,6-7,10,14-15,18H,3-5,8-9,11-13H2,(H2,28,30,33). The van der Waals surface area contributed by atoms with Crippen LogP contribution in [0.5, 0.6) is 0 Å². The second kappa shape index (κ2) is 11.0. The van der Waals surface area contributed by atoms with Crippen LogP contribution in [0, 0.1) is 0 Å². The number of piperidine rings is 1. The molecule has 0 radical (unpaired) electrons. The Hall–Kier alpha value is -2.60. The van der Waals surface area contributed by atoms with Crippen LogP contribution in [0.2, 0.25) is 9.36 Å². The van der Waals surface area contributed by atoms with E-state index in [4.69, 9.17) is 28.3 Å². The molecule has 3 aromatic rings. The molecule has 0 unspecified atom stereocenters. The highest BCUT2D eigenvalue weighted by atomic mass is 35.5. The zero-order valence-corrected chi connectivity index (χ0v) is 23.0. The quantitative estimate of drug-likeness (QED) is 0.429. The van der Waals surface area contributed by atoms with Crippen molar-refractivity contribution in [1.29, 1.82) is 0 Å². The second-order valence-electron chi connectivity index (χ2n) is 8.95. The summed E-state index contributed by atoms with van der Waals surface area (Å²) >= 11 is 12.5. The molecule has 5 rings (SSSR count). The van der Waals surface area contributed by atoms with E-state index >= 15 is 0 Å². The Morgan fingerprint density at radius 1 is 1.22 bits per heavy atom. The van der Waals surface area contributed by atoms with Crippen LogP contribution in [-0.2, 0) is 16.4 Å². The Balaban J connectivity index is 1.23. The van der Waals surface area contributed by atoms with Gasteiger partial charge in [-0.2, -0.15) is 5.10 Å². The van der Waals surface area contributed by atoms with Crippen molar-refractivity contribution in [1.82, 2.24) is 24.8 Å². The molecule has 9 nitrogen and oxygen atoms in total. The summed E-state index contributed by atoms with van der Waals surface area (Å²) in [6.07, 6.45) is 10.5. The number of aromatic nitrogens is 3. The minimum absolute atomic E-state index is 0.120. The van der Waals surface area contributed by atoms with E-state index in [1.54, 1.807) is 0 Å². The highest BCUT2D eigenvalue weighted by molar-refractivity contribution is 7.92. The minimum Gasteiger partial charge on any atom is -0.356 e. The summed E-state index contributed by atoms with van der Waals surface area (Å²) in [5, 5.41) is 7.49. The molecule has 0 atom stereocenters. The van der Waals surface area contributed by atoms with Gasteiger partial charge in [-0.15, -0.1) is 11.3 Å². The summed E-state index contributed by atoms with van der Waals surface area (Å²) in [4.78, 5) is 19.1. The highest BCUT2D eigenvalue weighted by Gasteiger charge is 2.28. The van der Waals surface area contributed by atoms with Gasteiger partial charge < -0.3 is 10.2 Å². The number of pyridine rings is 1. The number of allylic oxidation sites excluding steroid dienone is 1. The lowest BCUT2D eigenvalue weighted by atomic mass is 9.92. The van der Waals surface area contributed by atoms with Crippen molar-refractivity contribution in [2.75, 3.05) is 24.5 Å². The third-order valence-corrected chi connectivity index (χ3v) is 10.2. The number of nitrogens with one attached hydrogen (secondary N) is 2. The highest BCUT2D eigenvalue weighted by Crippen LogP contribution is 2.36. The molecule has 13 heteroatoms. The van der Waals surface area contributed by atoms with Gasteiger partial charge in [0, 0.05) is 25.8 Å². The maximum atomic E-state index is 12.4. The average molecular weight is 582 g/mol. The van der Waals surface area contributed by atoms with Crippen LogP contribution in [0.25, 0.3) is 5.57 Å². The van der Waals surface area contributed by atoms with Crippen LogP contribution in [0.1, 0.15) is 43.0 Å². The lowest BCUT2D eigenvalue weighted by Gasteiger charge is -2.34. The molecule has 196 valence electrons. The molecule has 4 heterocycles. The average Bonchev–Trinajstić information content (AvgIpc) is 3.48. The Labute approximate surface area is 229 Å². The first-order chi connectivity index (χ1) is 17.8. The normalized spacial score (nSPS) is 17.6. The Morgan fingerprint density at radius 3 is 2.73 bits per heavy atom. The Morgan fingerprint density at radius 2 is 2.03 bits per heavy atom. The molecule has 37 heavy (non-hydrogen) atoms. The fourth-order valence-electron chi connectivity index (χ4n) is 4.81. The van der Waals surface area contributed by atoms with Crippen molar-refractivity contribution in [3.05, 3.63) is 63.4 Å². The number of hydrogen-bond donors (Lipinski definition) is 2. The van der Waals surface area contributed by atoms with Gasteiger partial charge >= 0.3 is 6.03 Å². The summed E-state index contributed by atoms with van der Waals surface area (Å²) in [6, 6.07) is 6.66. The smallest absolute Gasteiger partial charge is 0.328 e. The van der Waals surface area contributed by atoms with Crippen molar-refractivity contribution < 1.29 is 13.2 Å². The number of anilines is 1. The number of amides is 2. The molecule has 2 amide bonds. The fourth-order valence-corrected chi connectivity index (χ4v) is 7.62. The third kappa shape index (κ3) is 5.79. The van der Waals surface area contributed by atoms with Crippen LogP contribution in [0.3, 0.4) is 0 Å². The van der Waals surface area contributed by atoms with E-state index in [0.29, 0.717) is 0 Å². The van der Waals surface area contributed by atoms with Gasteiger partial charge in [-0.05, 0) is 61.4 Å². The molecule has 2 N–H and O–H groups in total. The topological polar surface area (TPSA) is 109 Å². The minimum atomic E-state index is -4.06. The predicted molar refractivity (Wildman–Crippen MR) is 146 cm³/mol. The van der Waals surface area contributed by atoms with E-state index in [0.717, 1.165) is 73.6 Å². The second-order valence-corrected chi connectivity index (χ2v) is 12.9. The van der Waals surface area contributed by atoms with E-state index < -0.39 is 16.1 Å². The molecule has 1 saturated heterocycles. The van der Waals surface area contributed by atoms with Crippen molar-refractivity contribution >= 4 is 62.0 Å². The van der Waals surface area contributed by atoms with Gasteiger partial charge in [-0.25, -0.2) is 22.9 Å². The predicted octanol–water partition coefficient (Wildman–Crippen LogP) is 4.90. The lowest BCUT2D eigenvalue weighted by Crippen LogP contribution is -2.39. The molecule has 1 aliphatic heterocycles. The largest absolute Gasteiger partial charge is 0.356 e. The molecular formula is C24H26Cl2N6O3S2. The number of carbonyl (C=O) groups is 1. The van der Waals surface area contributed by atoms with E-state index in [2.05, 4.69) is 19.9 Å². The van der Waals surface area contributed by atoms with Crippen LogP contribution < -0.4 is 14.9 Å². The number of thiophene rings is 1. The number of nitrogens with zero attached hydrogens (tertiary/aromatic N) is 4. The summed E-state index contributed by atoms with van der Waals surface area (Å²) in [5.74, 6) is 1.00. The number of carbonyl (C=O) groups excluding carboxylic acids is 1. The number of sulfonamides is 1. The Bertz CT molecular complexity index is 1390.